The van der Waals surface area contributed by atoms with Crippen molar-refractivity contribution in [2.24, 2.45) is 23.7 Å². The molecule has 0 unspecified atom stereocenters. The number of imide groups is 1. The molecule has 222 valence electrons. The summed E-state index contributed by atoms with van der Waals surface area (Å²) in [4.78, 5) is 28.9. The SMILES string of the molecule is COc1cc(/C=C(/CC[C@H]2OC[C@H]3C2=C(C(C)C)C[C@H]2C(=O)N(c4ccccc4)C(=O)[C@H]23)c2ccccc2)cc(I)c1O. The summed E-state index contributed by atoms with van der Waals surface area (Å²) in [5, 5.41) is 10.4. The molecule has 2 amide bonds. The summed E-state index contributed by atoms with van der Waals surface area (Å²) in [6.45, 7) is 4.82. The molecule has 0 bridgehead atoms. The Kier molecular flexibility index (Phi) is 8.47. The monoisotopic (exact) mass is 689 g/mol. The molecule has 6 nitrogen and oxygen atoms in total. The molecule has 3 aromatic carbocycles. The van der Waals surface area contributed by atoms with Crippen molar-refractivity contribution in [2.45, 2.75) is 39.2 Å². The van der Waals surface area contributed by atoms with Gasteiger partial charge in [0, 0.05) is 5.92 Å². The predicted molar refractivity (Wildman–Crippen MR) is 177 cm³/mol. The summed E-state index contributed by atoms with van der Waals surface area (Å²) in [5.41, 5.74) is 6.37. The quantitative estimate of drug-likeness (QED) is 0.115. The molecule has 0 aromatic heterocycles. The van der Waals surface area contributed by atoms with E-state index in [0.29, 0.717) is 24.5 Å². The number of hydrogen-bond acceptors (Lipinski definition) is 5. The van der Waals surface area contributed by atoms with Crippen molar-refractivity contribution in [1.29, 1.82) is 0 Å². The van der Waals surface area contributed by atoms with Gasteiger partial charge < -0.3 is 14.6 Å². The maximum absolute atomic E-state index is 13.8. The van der Waals surface area contributed by atoms with Gasteiger partial charge in [-0.25, -0.2) is 0 Å². The van der Waals surface area contributed by atoms with Crippen LogP contribution in [0.25, 0.3) is 11.6 Å². The van der Waals surface area contributed by atoms with Gasteiger partial charge in [-0.1, -0.05) is 74.0 Å². The summed E-state index contributed by atoms with van der Waals surface area (Å²) < 4.78 is 12.6. The highest BCUT2D eigenvalue weighted by atomic mass is 127. The van der Waals surface area contributed by atoms with Gasteiger partial charge in [0.2, 0.25) is 11.8 Å². The van der Waals surface area contributed by atoms with Crippen LogP contribution in [-0.2, 0) is 14.3 Å². The number of aromatic hydroxyl groups is 1. The second-order valence-corrected chi connectivity index (χ2v) is 13.0. The Bertz CT molecular complexity index is 1600. The lowest BCUT2D eigenvalue weighted by Gasteiger charge is -2.33. The standard InChI is InChI=1S/C36H36INO5/c1-21(2)26-19-27-33(36(41)38(35(27)40)25-12-8-5-9-13-25)28-20-43-30(32(26)28)15-14-24(23-10-6-4-7-11-23)16-22-17-29(37)34(39)31(18-22)42-3/h4-13,16-18,21,27-28,30,33,39H,14-15,19-20H2,1-3H3/b24-16-/t27-,28+,30-,33-/m1/s1. The zero-order valence-electron chi connectivity index (χ0n) is 24.6. The number of hydrogen-bond donors (Lipinski definition) is 1. The van der Waals surface area contributed by atoms with Crippen molar-refractivity contribution in [1.82, 2.24) is 0 Å². The van der Waals surface area contributed by atoms with Crippen LogP contribution in [0.1, 0.15) is 44.2 Å². The van der Waals surface area contributed by atoms with Gasteiger partial charge in [-0.05, 0) is 94.3 Å². The zero-order valence-corrected chi connectivity index (χ0v) is 26.8. The summed E-state index contributed by atoms with van der Waals surface area (Å²) in [6.07, 6.45) is 4.16. The topological polar surface area (TPSA) is 76.1 Å². The number of anilines is 1. The van der Waals surface area contributed by atoms with Gasteiger partial charge in [-0.2, -0.15) is 0 Å². The number of benzene rings is 3. The normalized spacial score (nSPS) is 23.7. The number of ether oxygens (including phenoxy) is 2. The molecule has 1 aliphatic carbocycles. The number of halogens is 1. The highest BCUT2D eigenvalue weighted by Crippen LogP contribution is 2.52. The molecule has 6 rings (SSSR count). The van der Waals surface area contributed by atoms with Crippen molar-refractivity contribution in [3.8, 4) is 11.5 Å². The molecule has 2 fully saturated rings. The summed E-state index contributed by atoms with van der Waals surface area (Å²) in [7, 11) is 1.56. The Morgan fingerprint density at radius 3 is 2.42 bits per heavy atom. The van der Waals surface area contributed by atoms with Crippen LogP contribution in [-0.4, -0.2) is 36.7 Å². The second-order valence-electron chi connectivity index (χ2n) is 11.9. The number of phenolic OH excluding ortho intramolecular Hbond substituents is 1. The molecule has 2 heterocycles. The first-order chi connectivity index (χ1) is 20.8. The van der Waals surface area contributed by atoms with Gasteiger partial charge in [0.05, 0.1) is 40.9 Å². The van der Waals surface area contributed by atoms with Gasteiger partial charge in [0.25, 0.3) is 0 Å². The lowest BCUT2D eigenvalue weighted by Crippen LogP contribution is -2.35. The second kappa shape index (κ2) is 12.3. The molecule has 2 saturated heterocycles. The number of para-hydroxylation sites is 1. The number of methoxy groups -OCH3 is 1. The molecule has 0 saturated carbocycles. The molecule has 1 N–H and O–H groups in total. The largest absolute Gasteiger partial charge is 0.504 e. The fraction of sp³-hybridized carbons (Fsp3) is 0.333. The van der Waals surface area contributed by atoms with Gasteiger partial charge in [0.15, 0.2) is 11.5 Å². The molecule has 7 heteroatoms. The van der Waals surface area contributed by atoms with Crippen LogP contribution in [0.15, 0.2) is 83.9 Å². The summed E-state index contributed by atoms with van der Waals surface area (Å²) >= 11 is 2.12. The molecule has 2 aliphatic heterocycles. The summed E-state index contributed by atoms with van der Waals surface area (Å²) in [5.74, 6) is -0.159. The zero-order chi connectivity index (χ0) is 30.2. The van der Waals surface area contributed by atoms with E-state index in [-0.39, 0.29) is 47.3 Å². The van der Waals surface area contributed by atoms with Gasteiger partial charge in [0.1, 0.15) is 0 Å². The first kappa shape index (κ1) is 29.6. The van der Waals surface area contributed by atoms with E-state index in [2.05, 4.69) is 54.6 Å². The lowest BCUT2D eigenvalue weighted by molar-refractivity contribution is -0.122. The van der Waals surface area contributed by atoms with Crippen molar-refractivity contribution < 1.29 is 24.2 Å². The Morgan fingerprint density at radius 1 is 1.05 bits per heavy atom. The van der Waals surface area contributed by atoms with Crippen molar-refractivity contribution in [2.75, 3.05) is 18.6 Å². The molecular formula is C36H36INO5. The number of allylic oxidation sites excluding steroid dienone is 2. The van der Waals surface area contributed by atoms with E-state index in [4.69, 9.17) is 9.47 Å². The minimum Gasteiger partial charge on any atom is -0.504 e. The van der Waals surface area contributed by atoms with E-state index < -0.39 is 0 Å². The van der Waals surface area contributed by atoms with Crippen LogP contribution in [0.2, 0.25) is 0 Å². The third kappa shape index (κ3) is 5.53. The van der Waals surface area contributed by atoms with E-state index >= 15 is 0 Å². The third-order valence-electron chi connectivity index (χ3n) is 9.09. The molecule has 0 spiro atoms. The fourth-order valence-corrected chi connectivity index (χ4v) is 7.69. The lowest BCUT2D eigenvalue weighted by atomic mass is 9.67. The fourth-order valence-electron chi connectivity index (χ4n) is 7.06. The number of rotatable bonds is 8. The van der Waals surface area contributed by atoms with E-state index in [0.717, 1.165) is 33.1 Å². The maximum atomic E-state index is 13.8. The number of amides is 2. The molecule has 3 aliphatic rings. The van der Waals surface area contributed by atoms with Crippen molar-refractivity contribution in [3.63, 3.8) is 0 Å². The Hall–Kier alpha value is -3.43. The number of carbonyl (C=O) groups is 2. The Labute approximate surface area is 266 Å². The van der Waals surface area contributed by atoms with E-state index in [1.54, 1.807) is 7.11 Å². The maximum Gasteiger partial charge on any atom is 0.238 e. The highest BCUT2D eigenvalue weighted by Gasteiger charge is 2.57. The minimum atomic E-state index is -0.383. The Morgan fingerprint density at radius 2 is 1.74 bits per heavy atom. The average Bonchev–Trinajstić information content (AvgIpc) is 3.55. The molecular weight excluding hydrogens is 653 g/mol. The van der Waals surface area contributed by atoms with Crippen LogP contribution in [0, 0.1) is 27.2 Å². The van der Waals surface area contributed by atoms with Crippen LogP contribution in [0.3, 0.4) is 0 Å². The van der Waals surface area contributed by atoms with Crippen LogP contribution in [0.4, 0.5) is 5.69 Å². The van der Waals surface area contributed by atoms with Crippen LogP contribution in [0.5, 0.6) is 11.5 Å². The van der Waals surface area contributed by atoms with Crippen LogP contribution < -0.4 is 9.64 Å². The number of phenols is 1. The van der Waals surface area contributed by atoms with Gasteiger partial charge >= 0.3 is 0 Å². The van der Waals surface area contributed by atoms with Gasteiger partial charge in [-0.3, -0.25) is 14.5 Å². The summed E-state index contributed by atoms with van der Waals surface area (Å²) in [6, 6.07) is 23.4. The van der Waals surface area contributed by atoms with Crippen molar-refractivity contribution in [3.05, 3.63) is 98.6 Å². The minimum absolute atomic E-state index is 0.0848. The Balaban J connectivity index is 1.30. The van der Waals surface area contributed by atoms with E-state index in [9.17, 15) is 14.7 Å². The average molecular weight is 690 g/mol. The van der Waals surface area contributed by atoms with E-state index in [1.807, 2.05) is 60.7 Å². The van der Waals surface area contributed by atoms with Gasteiger partial charge in [-0.15, -0.1) is 0 Å². The molecule has 3 aromatic rings. The molecule has 4 atom stereocenters. The smallest absolute Gasteiger partial charge is 0.238 e. The third-order valence-corrected chi connectivity index (χ3v) is 9.91. The van der Waals surface area contributed by atoms with Crippen LogP contribution >= 0.6 is 22.6 Å². The highest BCUT2D eigenvalue weighted by molar-refractivity contribution is 14.1. The number of nitrogens with zero attached hydrogens (tertiary/aromatic N) is 1. The number of carbonyl (C=O) groups excluding carboxylic acids is 2. The van der Waals surface area contributed by atoms with Crippen molar-refractivity contribution >= 4 is 51.7 Å². The molecule has 43 heavy (non-hydrogen) atoms. The molecule has 0 radical (unpaired) electrons. The first-order valence-electron chi connectivity index (χ1n) is 14.9. The predicted octanol–water partition coefficient (Wildman–Crippen LogP) is 7.50. The number of fused-ring (bicyclic) bond motifs is 3. The first-order valence-corrected chi connectivity index (χ1v) is 16.0. The van der Waals surface area contributed by atoms with E-state index in [1.165, 1.54) is 16.0 Å².